The summed E-state index contributed by atoms with van der Waals surface area (Å²) in [6.45, 7) is 0.927. The molecule has 0 fully saturated rings. The minimum Gasteiger partial charge on any atom is -0.384 e. The fraction of sp³-hybridized carbons (Fsp3) is 0.0833. The van der Waals surface area contributed by atoms with Crippen LogP contribution in [0, 0.1) is 5.92 Å². The topological polar surface area (TPSA) is 17.0 Å². The van der Waals surface area contributed by atoms with Crippen LogP contribution in [0.4, 0.5) is 5.69 Å². The van der Waals surface area contributed by atoms with Gasteiger partial charge in [-0.1, -0.05) is 36.4 Å². The molecular formula is C24H20N2S2. The van der Waals surface area contributed by atoms with Crippen LogP contribution in [0.5, 0.6) is 0 Å². The molecule has 1 aromatic carbocycles. The van der Waals surface area contributed by atoms with Gasteiger partial charge in [-0.05, 0) is 59.3 Å². The van der Waals surface area contributed by atoms with E-state index in [4.69, 9.17) is 0 Å². The van der Waals surface area contributed by atoms with Crippen molar-refractivity contribution < 1.29 is 0 Å². The minimum atomic E-state index is 0.486. The first-order valence-corrected chi connectivity index (χ1v) is 11.1. The molecule has 1 aliphatic rings. The molecule has 4 heteroatoms. The summed E-state index contributed by atoms with van der Waals surface area (Å²) in [5.74, 6) is 0.486. The highest BCUT2D eigenvalue weighted by Crippen LogP contribution is 2.36. The molecular weight excluding hydrogens is 380 g/mol. The highest BCUT2D eigenvalue weighted by molar-refractivity contribution is 7.14. The molecule has 0 amide bonds. The number of nitrogens with zero attached hydrogens (tertiary/aromatic N) is 1. The van der Waals surface area contributed by atoms with E-state index in [0.717, 1.165) is 12.2 Å². The Morgan fingerprint density at radius 3 is 1.89 bits per heavy atom. The Labute approximate surface area is 173 Å². The van der Waals surface area contributed by atoms with E-state index in [9.17, 15) is 0 Å². The van der Waals surface area contributed by atoms with Crippen molar-refractivity contribution in [2.75, 3.05) is 11.9 Å². The molecule has 0 saturated heterocycles. The van der Waals surface area contributed by atoms with Crippen LogP contribution < -0.4 is 5.32 Å². The number of hydrogen-bond acceptors (Lipinski definition) is 3. The van der Waals surface area contributed by atoms with Gasteiger partial charge in [-0.2, -0.15) is 0 Å². The lowest BCUT2D eigenvalue weighted by molar-refractivity contribution is 0.871. The first-order chi connectivity index (χ1) is 13.9. The Morgan fingerprint density at radius 1 is 0.750 bits per heavy atom. The highest BCUT2D eigenvalue weighted by Gasteiger charge is 2.15. The predicted molar refractivity (Wildman–Crippen MR) is 123 cm³/mol. The molecule has 28 heavy (non-hydrogen) atoms. The number of rotatable bonds is 6. The lowest BCUT2D eigenvalue weighted by Gasteiger charge is -2.14. The van der Waals surface area contributed by atoms with E-state index in [2.05, 4.69) is 106 Å². The zero-order valence-electron chi connectivity index (χ0n) is 15.3. The molecule has 4 aromatic rings. The fourth-order valence-electron chi connectivity index (χ4n) is 3.53. The average Bonchev–Trinajstić information content (AvgIpc) is 3.53. The van der Waals surface area contributed by atoms with E-state index in [1.807, 2.05) is 0 Å². The maximum absolute atomic E-state index is 3.54. The van der Waals surface area contributed by atoms with Crippen LogP contribution in [0.25, 0.3) is 26.8 Å². The van der Waals surface area contributed by atoms with Crippen molar-refractivity contribution in [3.05, 3.63) is 95.7 Å². The van der Waals surface area contributed by atoms with Crippen molar-refractivity contribution in [1.29, 1.82) is 0 Å². The van der Waals surface area contributed by atoms with E-state index in [1.54, 1.807) is 22.7 Å². The van der Waals surface area contributed by atoms with Gasteiger partial charge in [0, 0.05) is 23.8 Å². The maximum Gasteiger partial charge on any atom is 0.0635 e. The molecule has 3 aromatic heterocycles. The molecule has 0 unspecified atom stereocenters. The Bertz CT molecular complexity index is 1030. The second-order valence-corrected chi connectivity index (χ2v) is 8.65. The van der Waals surface area contributed by atoms with Crippen LogP contribution in [0.15, 0.2) is 95.7 Å². The van der Waals surface area contributed by atoms with Crippen molar-refractivity contribution >= 4 is 28.4 Å². The van der Waals surface area contributed by atoms with Crippen molar-refractivity contribution in [2.45, 2.75) is 0 Å². The number of benzene rings is 1. The molecule has 0 bridgehead atoms. The van der Waals surface area contributed by atoms with Crippen LogP contribution in [0.1, 0.15) is 0 Å². The molecule has 138 valence electrons. The quantitative estimate of drug-likeness (QED) is 0.366. The van der Waals surface area contributed by atoms with Gasteiger partial charge in [0.05, 0.1) is 21.1 Å². The third-order valence-corrected chi connectivity index (χ3v) is 6.71. The van der Waals surface area contributed by atoms with Gasteiger partial charge < -0.3 is 9.88 Å². The van der Waals surface area contributed by atoms with Gasteiger partial charge in [0.1, 0.15) is 0 Å². The van der Waals surface area contributed by atoms with Crippen molar-refractivity contribution in [3.63, 3.8) is 0 Å². The third-order valence-electron chi connectivity index (χ3n) is 4.92. The first-order valence-electron chi connectivity index (χ1n) is 9.37. The maximum atomic E-state index is 3.54. The Kier molecular flexibility index (Phi) is 4.73. The smallest absolute Gasteiger partial charge is 0.0635 e. The Morgan fingerprint density at radius 2 is 1.36 bits per heavy atom. The molecule has 3 heterocycles. The molecule has 1 N–H and O–H groups in total. The average molecular weight is 401 g/mol. The largest absolute Gasteiger partial charge is 0.384 e. The van der Waals surface area contributed by atoms with Crippen molar-refractivity contribution in [1.82, 2.24) is 4.57 Å². The Balaban J connectivity index is 1.48. The van der Waals surface area contributed by atoms with Gasteiger partial charge in [0.25, 0.3) is 0 Å². The van der Waals surface area contributed by atoms with Gasteiger partial charge in [-0.15, -0.1) is 22.7 Å². The molecule has 2 nitrogen and oxygen atoms in total. The summed E-state index contributed by atoms with van der Waals surface area (Å²) in [6.07, 6.45) is 8.67. The molecule has 0 radical (unpaired) electrons. The first kappa shape index (κ1) is 17.3. The molecule has 0 spiro atoms. The van der Waals surface area contributed by atoms with Gasteiger partial charge in [-0.25, -0.2) is 0 Å². The number of allylic oxidation sites excluding steroid dienone is 2. The fourth-order valence-corrected chi connectivity index (χ4v) is 5.01. The van der Waals surface area contributed by atoms with Crippen molar-refractivity contribution in [3.8, 4) is 26.8 Å². The lowest BCUT2D eigenvalue weighted by Crippen LogP contribution is -2.09. The molecule has 0 aliphatic heterocycles. The number of aromatic nitrogens is 1. The lowest BCUT2D eigenvalue weighted by atomic mass is 10.1. The summed E-state index contributed by atoms with van der Waals surface area (Å²) in [6, 6.07) is 21.8. The molecule has 0 atom stereocenters. The zero-order valence-corrected chi connectivity index (χ0v) is 16.9. The Hall–Kier alpha value is -2.82. The zero-order chi connectivity index (χ0) is 18.8. The van der Waals surface area contributed by atoms with Crippen LogP contribution in [0.2, 0.25) is 0 Å². The van der Waals surface area contributed by atoms with Gasteiger partial charge in [0.15, 0.2) is 0 Å². The minimum absolute atomic E-state index is 0.486. The van der Waals surface area contributed by atoms with Gasteiger partial charge in [0.2, 0.25) is 0 Å². The van der Waals surface area contributed by atoms with E-state index < -0.39 is 0 Å². The van der Waals surface area contributed by atoms with E-state index >= 15 is 0 Å². The molecule has 1 aliphatic carbocycles. The highest BCUT2D eigenvalue weighted by atomic mass is 32.1. The normalized spacial score (nSPS) is 13.4. The van der Waals surface area contributed by atoms with Crippen LogP contribution in [-0.4, -0.2) is 11.1 Å². The summed E-state index contributed by atoms with van der Waals surface area (Å²) >= 11 is 3.56. The number of hydrogen-bond donors (Lipinski definition) is 1. The summed E-state index contributed by atoms with van der Waals surface area (Å²) in [4.78, 5) is 2.56. The second-order valence-electron chi connectivity index (χ2n) is 6.76. The van der Waals surface area contributed by atoms with E-state index in [-0.39, 0.29) is 0 Å². The SMILES string of the molecule is C1=CC(CNc2ccc(-n3c(-c4cccs4)ccc3-c3cccs3)cc2)C=C1. The third kappa shape index (κ3) is 3.37. The van der Waals surface area contributed by atoms with Crippen LogP contribution >= 0.6 is 22.7 Å². The standard InChI is InChI=1S/C24H20N2S2/c1-2-6-18(5-1)17-25-19-9-11-20(12-10-19)26-21(23-7-3-15-27-23)13-14-22(26)24-8-4-16-28-24/h1-16,18,25H,17H2. The second kappa shape index (κ2) is 7.66. The van der Waals surface area contributed by atoms with Crippen LogP contribution in [0.3, 0.4) is 0 Å². The predicted octanol–water partition coefficient (Wildman–Crippen LogP) is 7.09. The molecule has 0 saturated carbocycles. The van der Waals surface area contributed by atoms with Gasteiger partial charge in [-0.3, -0.25) is 0 Å². The van der Waals surface area contributed by atoms with Crippen LogP contribution in [-0.2, 0) is 0 Å². The summed E-state index contributed by atoms with van der Waals surface area (Å²) in [7, 11) is 0. The number of anilines is 1. The van der Waals surface area contributed by atoms with E-state index in [0.29, 0.717) is 5.92 Å². The number of thiophene rings is 2. The van der Waals surface area contributed by atoms with Crippen molar-refractivity contribution in [2.24, 2.45) is 5.92 Å². The number of nitrogens with one attached hydrogen (secondary N) is 1. The summed E-state index contributed by atoms with van der Waals surface area (Å²) in [5, 5.41) is 7.81. The summed E-state index contributed by atoms with van der Waals surface area (Å²) < 4.78 is 2.36. The van der Waals surface area contributed by atoms with E-state index in [1.165, 1.54) is 26.8 Å². The summed E-state index contributed by atoms with van der Waals surface area (Å²) in [5.41, 5.74) is 4.81. The monoisotopic (exact) mass is 400 g/mol. The van der Waals surface area contributed by atoms with Gasteiger partial charge >= 0.3 is 0 Å². The molecule has 5 rings (SSSR count).